The molecule has 1 aliphatic rings. The summed E-state index contributed by atoms with van der Waals surface area (Å²) >= 11 is 0. The van der Waals surface area contributed by atoms with Gasteiger partial charge < -0.3 is 9.47 Å². The minimum Gasteiger partial charge on any atom is -0.459 e. The minimum absolute atomic E-state index is 0.131. The van der Waals surface area contributed by atoms with E-state index in [9.17, 15) is 9.18 Å². The predicted octanol–water partition coefficient (Wildman–Crippen LogP) is 3.15. The summed E-state index contributed by atoms with van der Waals surface area (Å²) in [5, 5.41) is 0. The molecule has 0 aromatic heterocycles. The standard InChI is InChI=1S/C18H26FNO3/c1-18(2,3)23-17(21)13-20(12-16-8-5-9-22-16)11-14-6-4-7-15(19)10-14/h4,6-7,10,16H,5,8-9,11-13H2,1-3H3. The first kappa shape index (κ1) is 17.9. The van der Waals surface area contributed by atoms with E-state index in [1.54, 1.807) is 6.07 Å². The van der Waals surface area contributed by atoms with E-state index in [4.69, 9.17) is 9.47 Å². The van der Waals surface area contributed by atoms with Gasteiger partial charge in [0.2, 0.25) is 0 Å². The van der Waals surface area contributed by atoms with Crippen molar-refractivity contribution >= 4 is 5.97 Å². The molecule has 0 bridgehead atoms. The van der Waals surface area contributed by atoms with Crippen molar-refractivity contribution in [1.29, 1.82) is 0 Å². The molecule has 2 rings (SSSR count). The largest absolute Gasteiger partial charge is 0.459 e. The van der Waals surface area contributed by atoms with Crippen LogP contribution in [0.4, 0.5) is 4.39 Å². The molecule has 0 aliphatic carbocycles. The van der Waals surface area contributed by atoms with Crippen LogP contribution in [-0.2, 0) is 20.8 Å². The van der Waals surface area contributed by atoms with E-state index in [2.05, 4.69) is 0 Å². The van der Waals surface area contributed by atoms with Crippen LogP contribution in [0.5, 0.6) is 0 Å². The highest BCUT2D eigenvalue weighted by molar-refractivity contribution is 5.72. The summed E-state index contributed by atoms with van der Waals surface area (Å²) in [6, 6.07) is 6.46. The van der Waals surface area contributed by atoms with Crippen LogP contribution in [-0.4, -0.2) is 42.3 Å². The van der Waals surface area contributed by atoms with Gasteiger partial charge >= 0.3 is 5.97 Å². The zero-order valence-corrected chi connectivity index (χ0v) is 14.2. The number of hydrogen-bond acceptors (Lipinski definition) is 4. The Morgan fingerprint density at radius 3 is 2.83 bits per heavy atom. The van der Waals surface area contributed by atoms with E-state index in [0.29, 0.717) is 13.1 Å². The second-order valence-corrected chi connectivity index (χ2v) is 7.02. The molecule has 0 amide bonds. The molecule has 0 spiro atoms. The lowest BCUT2D eigenvalue weighted by Crippen LogP contribution is -2.38. The Morgan fingerprint density at radius 2 is 2.22 bits per heavy atom. The van der Waals surface area contributed by atoms with Crippen LogP contribution >= 0.6 is 0 Å². The van der Waals surface area contributed by atoms with Crippen molar-refractivity contribution in [3.05, 3.63) is 35.6 Å². The summed E-state index contributed by atoms with van der Waals surface area (Å²) in [5.41, 5.74) is 0.331. The summed E-state index contributed by atoms with van der Waals surface area (Å²) in [4.78, 5) is 14.1. The van der Waals surface area contributed by atoms with Gasteiger partial charge in [0.05, 0.1) is 12.6 Å². The number of ether oxygens (including phenoxy) is 2. The summed E-state index contributed by atoms with van der Waals surface area (Å²) in [6.07, 6.45) is 2.17. The summed E-state index contributed by atoms with van der Waals surface area (Å²) in [7, 11) is 0. The van der Waals surface area contributed by atoms with Crippen LogP contribution in [0.1, 0.15) is 39.2 Å². The smallest absolute Gasteiger partial charge is 0.320 e. The van der Waals surface area contributed by atoms with E-state index >= 15 is 0 Å². The molecule has 23 heavy (non-hydrogen) atoms. The normalized spacial score (nSPS) is 18.4. The Balaban J connectivity index is 2.00. The first-order valence-corrected chi connectivity index (χ1v) is 8.12. The summed E-state index contributed by atoms with van der Waals surface area (Å²) in [5.74, 6) is -0.538. The molecule has 0 radical (unpaired) electrons. The molecule has 1 aliphatic heterocycles. The van der Waals surface area contributed by atoms with Gasteiger partial charge in [0.1, 0.15) is 11.4 Å². The van der Waals surface area contributed by atoms with Crippen molar-refractivity contribution < 1.29 is 18.7 Å². The predicted molar refractivity (Wildman–Crippen MR) is 86.5 cm³/mol. The molecule has 1 unspecified atom stereocenters. The molecule has 1 aromatic rings. The van der Waals surface area contributed by atoms with Gasteiger partial charge in [-0.05, 0) is 51.3 Å². The monoisotopic (exact) mass is 323 g/mol. The Bertz CT molecular complexity index is 521. The van der Waals surface area contributed by atoms with Crippen LogP contribution in [0.15, 0.2) is 24.3 Å². The van der Waals surface area contributed by atoms with E-state index < -0.39 is 5.60 Å². The van der Waals surface area contributed by atoms with Crippen molar-refractivity contribution in [2.75, 3.05) is 19.7 Å². The molecular weight excluding hydrogens is 297 g/mol. The molecule has 1 fully saturated rings. The number of rotatable bonds is 6. The summed E-state index contributed by atoms with van der Waals surface area (Å²) in [6.45, 7) is 7.64. The third-order valence-electron chi connectivity index (χ3n) is 3.55. The number of esters is 1. The number of benzene rings is 1. The van der Waals surface area contributed by atoms with Gasteiger partial charge in [-0.25, -0.2) is 4.39 Å². The van der Waals surface area contributed by atoms with Crippen LogP contribution < -0.4 is 0 Å². The topological polar surface area (TPSA) is 38.8 Å². The van der Waals surface area contributed by atoms with E-state index in [-0.39, 0.29) is 24.4 Å². The van der Waals surface area contributed by atoms with Crippen molar-refractivity contribution in [2.45, 2.75) is 51.9 Å². The molecule has 5 heteroatoms. The van der Waals surface area contributed by atoms with Gasteiger partial charge in [0.25, 0.3) is 0 Å². The van der Waals surface area contributed by atoms with E-state index in [1.165, 1.54) is 12.1 Å². The molecule has 4 nitrogen and oxygen atoms in total. The Kier molecular flexibility index (Phi) is 6.13. The Morgan fingerprint density at radius 1 is 1.43 bits per heavy atom. The fourth-order valence-electron chi connectivity index (χ4n) is 2.71. The number of hydrogen-bond donors (Lipinski definition) is 0. The fraction of sp³-hybridized carbons (Fsp3) is 0.611. The van der Waals surface area contributed by atoms with Gasteiger partial charge in [-0.3, -0.25) is 9.69 Å². The Labute approximate surface area is 137 Å². The van der Waals surface area contributed by atoms with Crippen molar-refractivity contribution in [3.8, 4) is 0 Å². The molecule has 0 N–H and O–H groups in total. The van der Waals surface area contributed by atoms with Crippen LogP contribution in [0.25, 0.3) is 0 Å². The third kappa shape index (κ3) is 6.67. The van der Waals surface area contributed by atoms with Crippen LogP contribution in [0.2, 0.25) is 0 Å². The lowest BCUT2D eigenvalue weighted by atomic mass is 10.1. The summed E-state index contributed by atoms with van der Waals surface area (Å²) < 4.78 is 24.4. The Hall–Kier alpha value is -1.46. The van der Waals surface area contributed by atoms with Crippen molar-refractivity contribution in [1.82, 2.24) is 4.90 Å². The van der Waals surface area contributed by atoms with Crippen molar-refractivity contribution in [2.24, 2.45) is 0 Å². The van der Waals surface area contributed by atoms with Gasteiger partial charge in [0.15, 0.2) is 0 Å². The highest BCUT2D eigenvalue weighted by Gasteiger charge is 2.23. The number of carbonyl (C=O) groups is 1. The van der Waals surface area contributed by atoms with Gasteiger partial charge in [-0.1, -0.05) is 12.1 Å². The molecule has 1 aromatic carbocycles. The maximum absolute atomic E-state index is 13.4. The number of halogens is 1. The molecule has 1 atom stereocenters. The molecule has 1 saturated heterocycles. The quantitative estimate of drug-likeness (QED) is 0.754. The zero-order chi connectivity index (χ0) is 16.9. The van der Waals surface area contributed by atoms with E-state index in [1.807, 2.05) is 31.7 Å². The highest BCUT2D eigenvalue weighted by Crippen LogP contribution is 2.16. The van der Waals surface area contributed by atoms with Crippen molar-refractivity contribution in [3.63, 3.8) is 0 Å². The average Bonchev–Trinajstić information content (AvgIpc) is 2.89. The lowest BCUT2D eigenvalue weighted by molar-refractivity contribution is -0.156. The second kappa shape index (κ2) is 7.88. The van der Waals surface area contributed by atoms with Gasteiger partial charge in [0, 0.05) is 19.7 Å². The first-order chi connectivity index (χ1) is 10.8. The maximum atomic E-state index is 13.4. The maximum Gasteiger partial charge on any atom is 0.320 e. The molecule has 0 saturated carbocycles. The van der Waals surface area contributed by atoms with E-state index in [0.717, 1.165) is 25.0 Å². The third-order valence-corrected chi connectivity index (χ3v) is 3.55. The average molecular weight is 323 g/mol. The highest BCUT2D eigenvalue weighted by atomic mass is 19.1. The fourth-order valence-corrected chi connectivity index (χ4v) is 2.71. The molecule has 1 heterocycles. The van der Waals surface area contributed by atoms with Crippen LogP contribution in [0.3, 0.4) is 0 Å². The zero-order valence-electron chi connectivity index (χ0n) is 14.2. The van der Waals surface area contributed by atoms with Gasteiger partial charge in [-0.15, -0.1) is 0 Å². The SMILES string of the molecule is CC(C)(C)OC(=O)CN(Cc1cccc(F)c1)CC1CCCO1. The van der Waals surface area contributed by atoms with Crippen LogP contribution in [0, 0.1) is 5.82 Å². The van der Waals surface area contributed by atoms with Gasteiger partial charge in [-0.2, -0.15) is 0 Å². The second-order valence-electron chi connectivity index (χ2n) is 7.02. The number of nitrogens with zero attached hydrogens (tertiary/aromatic N) is 1. The minimum atomic E-state index is -0.508. The first-order valence-electron chi connectivity index (χ1n) is 8.12. The number of carbonyl (C=O) groups excluding carboxylic acids is 1. The lowest BCUT2D eigenvalue weighted by Gasteiger charge is -2.26. The molecule has 128 valence electrons. The molecular formula is C18H26FNO3.